The molecule has 0 aliphatic heterocycles. The molecule has 0 spiro atoms. The molecule has 0 bridgehead atoms. The fourth-order valence-corrected chi connectivity index (χ4v) is 6.45. The van der Waals surface area contributed by atoms with E-state index < -0.39 is 0 Å². The van der Waals surface area contributed by atoms with Crippen molar-refractivity contribution in [1.82, 2.24) is 0 Å². The molecule has 0 aromatic rings. The molecule has 0 aromatic carbocycles. The van der Waals surface area contributed by atoms with E-state index in [2.05, 4.69) is 19.9 Å². The van der Waals surface area contributed by atoms with Gasteiger partial charge in [-0.3, -0.25) is 0 Å². The van der Waals surface area contributed by atoms with Gasteiger partial charge in [-0.25, -0.2) is 0 Å². The molecule has 0 aromatic heterocycles. The number of hydrogen-bond acceptors (Lipinski definition) is 2. The zero-order chi connectivity index (χ0) is 14.8. The topological polar surface area (TPSA) is 44.1 Å². The Morgan fingerprint density at radius 1 is 1.10 bits per heavy atom. The molecular formula is C19H29NO. The van der Waals surface area contributed by atoms with Gasteiger partial charge in [0.25, 0.3) is 0 Å². The second-order valence-corrected chi connectivity index (χ2v) is 8.63. The summed E-state index contributed by atoms with van der Waals surface area (Å²) < 4.78 is 0. The van der Waals surface area contributed by atoms with E-state index in [4.69, 9.17) is 5.41 Å². The third-order valence-corrected chi connectivity index (χ3v) is 7.86. The molecule has 3 fully saturated rings. The Balaban J connectivity index is 1.69. The maximum Gasteiger partial charge on any atom is 0.0577 e. The first-order valence-electron chi connectivity index (χ1n) is 8.90. The maximum absolute atomic E-state index is 10.0. The van der Waals surface area contributed by atoms with Crippen LogP contribution in [0.2, 0.25) is 0 Å². The Morgan fingerprint density at radius 3 is 2.62 bits per heavy atom. The summed E-state index contributed by atoms with van der Waals surface area (Å²) in [6.45, 7) is 4.85. The SMILES string of the molecule is CC12CCC3C(CC=C4CC(O)CCC43C)C1CCC2=N. The third-order valence-electron chi connectivity index (χ3n) is 7.86. The molecule has 6 unspecified atom stereocenters. The van der Waals surface area contributed by atoms with Gasteiger partial charge in [0.2, 0.25) is 0 Å². The molecule has 116 valence electrons. The van der Waals surface area contributed by atoms with Crippen LogP contribution in [0.15, 0.2) is 11.6 Å². The molecule has 4 aliphatic rings. The Hall–Kier alpha value is -0.630. The van der Waals surface area contributed by atoms with Gasteiger partial charge in [-0.05, 0) is 74.5 Å². The summed E-state index contributed by atoms with van der Waals surface area (Å²) in [7, 11) is 0. The third kappa shape index (κ3) is 1.78. The molecule has 0 amide bonds. The van der Waals surface area contributed by atoms with Crippen LogP contribution in [-0.2, 0) is 0 Å². The minimum absolute atomic E-state index is 0.102. The molecule has 2 heteroatoms. The van der Waals surface area contributed by atoms with Crippen LogP contribution in [0.1, 0.15) is 65.2 Å². The number of nitrogens with one attached hydrogen (secondary N) is 1. The summed E-state index contributed by atoms with van der Waals surface area (Å²) >= 11 is 0. The second-order valence-electron chi connectivity index (χ2n) is 8.63. The predicted octanol–water partition coefficient (Wildman–Crippen LogP) is 4.33. The monoisotopic (exact) mass is 287 g/mol. The lowest BCUT2D eigenvalue weighted by molar-refractivity contribution is -0.0210. The Bertz CT molecular complexity index is 510. The van der Waals surface area contributed by atoms with E-state index in [0.29, 0.717) is 5.41 Å². The standard InChI is InChI=1S/C19H29NO/c1-18-9-7-13(21)11-12(18)3-4-14-15-5-6-17(20)19(15,2)10-8-16(14)18/h3,13-16,20-21H,4-11H2,1-2H3. The first kappa shape index (κ1) is 14.0. The highest BCUT2D eigenvalue weighted by Crippen LogP contribution is 2.63. The van der Waals surface area contributed by atoms with E-state index in [1.165, 1.54) is 32.1 Å². The molecule has 0 heterocycles. The van der Waals surface area contributed by atoms with Crippen LogP contribution in [0.4, 0.5) is 0 Å². The molecule has 4 aliphatic carbocycles. The van der Waals surface area contributed by atoms with Crippen molar-refractivity contribution in [1.29, 1.82) is 5.41 Å². The van der Waals surface area contributed by atoms with Crippen LogP contribution in [0.3, 0.4) is 0 Å². The largest absolute Gasteiger partial charge is 0.393 e. The minimum Gasteiger partial charge on any atom is -0.393 e. The van der Waals surface area contributed by atoms with Crippen LogP contribution in [0.25, 0.3) is 0 Å². The van der Waals surface area contributed by atoms with Crippen molar-refractivity contribution in [3.05, 3.63) is 11.6 Å². The van der Waals surface area contributed by atoms with Crippen molar-refractivity contribution in [3.63, 3.8) is 0 Å². The number of allylic oxidation sites excluding steroid dienone is 1. The molecule has 2 nitrogen and oxygen atoms in total. The number of aliphatic hydroxyl groups excluding tert-OH is 1. The van der Waals surface area contributed by atoms with Gasteiger partial charge in [0.05, 0.1) is 6.10 Å². The summed E-state index contributed by atoms with van der Waals surface area (Å²) in [5.41, 5.74) is 3.13. The smallest absolute Gasteiger partial charge is 0.0577 e. The van der Waals surface area contributed by atoms with Gasteiger partial charge in [-0.1, -0.05) is 25.5 Å². The number of aliphatic hydroxyl groups is 1. The maximum atomic E-state index is 10.0. The molecular weight excluding hydrogens is 258 g/mol. The van der Waals surface area contributed by atoms with Gasteiger partial charge in [0.1, 0.15) is 0 Å². The van der Waals surface area contributed by atoms with E-state index in [9.17, 15) is 5.11 Å². The van der Waals surface area contributed by atoms with E-state index in [-0.39, 0.29) is 11.5 Å². The van der Waals surface area contributed by atoms with Crippen LogP contribution in [-0.4, -0.2) is 16.9 Å². The molecule has 2 N–H and O–H groups in total. The summed E-state index contributed by atoms with van der Waals surface area (Å²) in [6, 6.07) is 0. The van der Waals surface area contributed by atoms with Crippen LogP contribution < -0.4 is 0 Å². The average Bonchev–Trinajstić information content (AvgIpc) is 2.76. The Kier molecular flexibility index (Phi) is 2.96. The second kappa shape index (κ2) is 4.44. The summed E-state index contributed by atoms with van der Waals surface area (Å²) in [6.07, 6.45) is 11.5. The van der Waals surface area contributed by atoms with Crippen LogP contribution in [0, 0.1) is 34.0 Å². The van der Waals surface area contributed by atoms with E-state index in [1.54, 1.807) is 5.57 Å². The highest BCUT2D eigenvalue weighted by molar-refractivity contribution is 5.89. The lowest BCUT2D eigenvalue weighted by atomic mass is 9.48. The van der Waals surface area contributed by atoms with Crippen LogP contribution >= 0.6 is 0 Å². The van der Waals surface area contributed by atoms with Crippen LogP contribution in [0.5, 0.6) is 0 Å². The zero-order valence-electron chi connectivity index (χ0n) is 13.5. The Morgan fingerprint density at radius 2 is 1.81 bits per heavy atom. The van der Waals surface area contributed by atoms with Crippen molar-refractivity contribution in [2.75, 3.05) is 0 Å². The number of hydrogen-bond donors (Lipinski definition) is 2. The van der Waals surface area contributed by atoms with Gasteiger partial charge in [0, 0.05) is 11.1 Å². The van der Waals surface area contributed by atoms with Crippen molar-refractivity contribution in [2.24, 2.45) is 28.6 Å². The number of fused-ring (bicyclic) bond motifs is 5. The molecule has 4 rings (SSSR count). The average molecular weight is 287 g/mol. The lowest BCUT2D eigenvalue weighted by Gasteiger charge is -2.57. The van der Waals surface area contributed by atoms with Gasteiger partial charge in [0.15, 0.2) is 0 Å². The minimum atomic E-state index is -0.102. The van der Waals surface area contributed by atoms with Gasteiger partial charge >= 0.3 is 0 Å². The summed E-state index contributed by atoms with van der Waals surface area (Å²) in [5, 5.41) is 18.4. The molecule has 6 atom stereocenters. The zero-order valence-corrected chi connectivity index (χ0v) is 13.5. The first-order valence-corrected chi connectivity index (χ1v) is 8.90. The summed E-state index contributed by atoms with van der Waals surface area (Å²) in [5.74, 6) is 2.33. The summed E-state index contributed by atoms with van der Waals surface area (Å²) in [4.78, 5) is 0. The van der Waals surface area contributed by atoms with E-state index in [0.717, 1.165) is 42.7 Å². The molecule has 3 saturated carbocycles. The predicted molar refractivity (Wildman–Crippen MR) is 85.4 cm³/mol. The lowest BCUT2D eigenvalue weighted by Crippen LogP contribution is -2.50. The fraction of sp³-hybridized carbons (Fsp3) is 0.842. The van der Waals surface area contributed by atoms with E-state index in [1.807, 2.05) is 0 Å². The number of rotatable bonds is 0. The first-order chi connectivity index (χ1) is 9.95. The highest BCUT2D eigenvalue weighted by Gasteiger charge is 2.57. The van der Waals surface area contributed by atoms with E-state index >= 15 is 0 Å². The Labute approximate surface area is 128 Å². The van der Waals surface area contributed by atoms with Crippen molar-refractivity contribution >= 4 is 5.71 Å². The van der Waals surface area contributed by atoms with Gasteiger partial charge in [-0.2, -0.15) is 0 Å². The molecule has 0 saturated heterocycles. The quantitative estimate of drug-likeness (QED) is 0.640. The molecule has 21 heavy (non-hydrogen) atoms. The van der Waals surface area contributed by atoms with Crippen molar-refractivity contribution in [3.8, 4) is 0 Å². The van der Waals surface area contributed by atoms with Crippen molar-refractivity contribution < 1.29 is 5.11 Å². The normalized spacial score (nSPS) is 52.7. The van der Waals surface area contributed by atoms with Gasteiger partial charge in [-0.15, -0.1) is 0 Å². The van der Waals surface area contributed by atoms with Gasteiger partial charge < -0.3 is 10.5 Å². The fourth-order valence-electron chi connectivity index (χ4n) is 6.45. The highest BCUT2D eigenvalue weighted by atomic mass is 16.3. The molecule has 0 radical (unpaired) electrons. The van der Waals surface area contributed by atoms with Crippen molar-refractivity contribution in [2.45, 2.75) is 71.3 Å².